The fourth-order valence-electron chi connectivity index (χ4n) is 2.65. The number of aryl methyl sites for hydroxylation is 1. The number of nitrogens with one attached hydrogen (secondary N) is 2. The van der Waals surface area contributed by atoms with Crippen molar-refractivity contribution in [2.45, 2.75) is 25.7 Å². The van der Waals surface area contributed by atoms with Crippen LogP contribution >= 0.6 is 0 Å². The van der Waals surface area contributed by atoms with Gasteiger partial charge in [0.2, 0.25) is 0 Å². The number of H-pyrrole nitrogens is 2. The summed E-state index contributed by atoms with van der Waals surface area (Å²) in [4.78, 5) is 32.8. The van der Waals surface area contributed by atoms with Gasteiger partial charge in [0, 0.05) is 37.0 Å². The Morgan fingerprint density at radius 1 is 1.43 bits per heavy atom. The first-order chi connectivity index (χ1) is 10.1. The normalized spacial score (nSPS) is 18.7. The molecule has 1 atom stereocenters. The van der Waals surface area contributed by atoms with E-state index in [0.717, 1.165) is 24.4 Å². The molecule has 21 heavy (non-hydrogen) atoms. The van der Waals surface area contributed by atoms with Crippen molar-refractivity contribution in [2.75, 3.05) is 13.1 Å². The Morgan fingerprint density at radius 3 is 2.95 bits per heavy atom. The molecule has 0 spiro atoms. The van der Waals surface area contributed by atoms with Crippen LogP contribution in [0.4, 0.5) is 0 Å². The lowest BCUT2D eigenvalue weighted by atomic mass is 9.97. The van der Waals surface area contributed by atoms with Gasteiger partial charge >= 0.3 is 0 Å². The van der Waals surface area contributed by atoms with Gasteiger partial charge in [0.1, 0.15) is 11.5 Å². The predicted molar refractivity (Wildman–Crippen MR) is 76.1 cm³/mol. The molecule has 7 nitrogen and oxygen atoms in total. The Morgan fingerprint density at radius 2 is 2.29 bits per heavy atom. The van der Waals surface area contributed by atoms with Gasteiger partial charge in [0.25, 0.3) is 11.5 Å². The number of likely N-dealkylation sites (tertiary alicyclic amines) is 1. The standard InChI is InChI=1S/C14H17N5O2/c1-9-7-15-13(16-9)10-3-2-6-19(8-10)14(21)11-4-5-12(20)18-17-11/h4-5,7,10H,2-3,6,8H2,1H3,(H,15,16)(H,18,20)/t10-/m1/s1. The maximum atomic E-state index is 12.4. The molecule has 0 saturated carbocycles. The van der Waals surface area contributed by atoms with E-state index in [1.54, 1.807) is 11.1 Å². The molecule has 1 saturated heterocycles. The zero-order valence-corrected chi connectivity index (χ0v) is 11.8. The number of amides is 1. The number of carbonyl (C=O) groups excluding carboxylic acids is 1. The summed E-state index contributed by atoms with van der Waals surface area (Å²) in [6.45, 7) is 3.29. The average Bonchev–Trinajstić information content (AvgIpc) is 2.94. The Bertz CT molecular complexity index is 685. The number of hydrogen-bond donors (Lipinski definition) is 2. The minimum atomic E-state index is -0.311. The van der Waals surface area contributed by atoms with Gasteiger partial charge in [-0.15, -0.1) is 0 Å². The molecular formula is C14H17N5O2. The Balaban J connectivity index is 1.75. The molecule has 1 aliphatic heterocycles. The molecule has 3 heterocycles. The van der Waals surface area contributed by atoms with Crippen molar-refractivity contribution >= 4 is 5.91 Å². The maximum absolute atomic E-state index is 12.4. The van der Waals surface area contributed by atoms with Crippen molar-refractivity contribution in [3.05, 3.63) is 45.9 Å². The number of rotatable bonds is 2. The monoisotopic (exact) mass is 287 g/mol. The highest BCUT2D eigenvalue weighted by Crippen LogP contribution is 2.25. The topological polar surface area (TPSA) is 94.7 Å². The summed E-state index contributed by atoms with van der Waals surface area (Å²) in [5.74, 6) is 0.998. The average molecular weight is 287 g/mol. The largest absolute Gasteiger partial charge is 0.346 e. The highest BCUT2D eigenvalue weighted by atomic mass is 16.2. The van der Waals surface area contributed by atoms with Crippen molar-refractivity contribution in [3.63, 3.8) is 0 Å². The van der Waals surface area contributed by atoms with Gasteiger partial charge in [-0.3, -0.25) is 9.59 Å². The lowest BCUT2D eigenvalue weighted by Crippen LogP contribution is -2.40. The van der Waals surface area contributed by atoms with Crippen LogP contribution in [0.1, 0.15) is 40.8 Å². The Hall–Kier alpha value is -2.44. The number of carbonyl (C=O) groups is 1. The third-order valence-corrected chi connectivity index (χ3v) is 3.72. The summed E-state index contributed by atoms with van der Waals surface area (Å²) in [5.41, 5.74) is 0.982. The van der Waals surface area contributed by atoms with Crippen LogP contribution in [0, 0.1) is 6.92 Å². The fourth-order valence-corrected chi connectivity index (χ4v) is 2.65. The quantitative estimate of drug-likeness (QED) is 0.855. The molecule has 0 unspecified atom stereocenters. The van der Waals surface area contributed by atoms with Crippen LogP contribution in [0.15, 0.2) is 23.1 Å². The highest BCUT2D eigenvalue weighted by Gasteiger charge is 2.27. The van der Waals surface area contributed by atoms with E-state index in [-0.39, 0.29) is 23.1 Å². The van der Waals surface area contributed by atoms with Crippen LogP contribution in [-0.4, -0.2) is 44.1 Å². The third kappa shape index (κ3) is 2.86. The molecule has 3 rings (SSSR count). The van der Waals surface area contributed by atoms with Crippen molar-refractivity contribution < 1.29 is 4.79 Å². The highest BCUT2D eigenvalue weighted by molar-refractivity contribution is 5.92. The van der Waals surface area contributed by atoms with E-state index in [2.05, 4.69) is 20.2 Å². The van der Waals surface area contributed by atoms with E-state index < -0.39 is 0 Å². The van der Waals surface area contributed by atoms with E-state index in [0.29, 0.717) is 13.1 Å². The van der Waals surface area contributed by atoms with Crippen LogP contribution in [0.3, 0.4) is 0 Å². The Labute approximate surface area is 121 Å². The summed E-state index contributed by atoms with van der Waals surface area (Å²) in [6, 6.07) is 2.78. The molecule has 2 N–H and O–H groups in total. The van der Waals surface area contributed by atoms with E-state index in [9.17, 15) is 9.59 Å². The van der Waals surface area contributed by atoms with Gasteiger partial charge in [-0.1, -0.05) is 0 Å². The van der Waals surface area contributed by atoms with Crippen molar-refractivity contribution in [3.8, 4) is 0 Å². The SMILES string of the molecule is Cc1cnc([C@@H]2CCCN(C(=O)c3ccc(=O)[nH]n3)C2)[nH]1. The number of imidazole rings is 1. The fraction of sp³-hybridized carbons (Fsp3) is 0.429. The van der Waals surface area contributed by atoms with Crippen molar-refractivity contribution in [1.82, 2.24) is 25.1 Å². The maximum Gasteiger partial charge on any atom is 0.274 e. The molecule has 7 heteroatoms. The lowest BCUT2D eigenvalue weighted by molar-refractivity contribution is 0.0697. The number of aromatic nitrogens is 4. The summed E-state index contributed by atoms with van der Waals surface area (Å²) in [5, 5.41) is 6.10. The summed E-state index contributed by atoms with van der Waals surface area (Å²) < 4.78 is 0. The van der Waals surface area contributed by atoms with Crippen LogP contribution in [0.5, 0.6) is 0 Å². The van der Waals surface area contributed by atoms with E-state index in [4.69, 9.17) is 0 Å². The van der Waals surface area contributed by atoms with E-state index in [1.165, 1.54) is 12.1 Å². The second-order valence-corrected chi connectivity index (χ2v) is 5.35. The summed E-state index contributed by atoms with van der Waals surface area (Å²) in [7, 11) is 0. The van der Waals surface area contributed by atoms with Crippen molar-refractivity contribution in [2.24, 2.45) is 0 Å². The first kappa shape index (κ1) is 13.5. The number of hydrogen-bond acceptors (Lipinski definition) is 4. The molecule has 1 amide bonds. The first-order valence-corrected chi connectivity index (χ1v) is 7.00. The van der Waals surface area contributed by atoms with Crippen LogP contribution in [-0.2, 0) is 0 Å². The predicted octanol–water partition coefficient (Wildman–Crippen LogP) is 0.821. The minimum Gasteiger partial charge on any atom is -0.346 e. The number of nitrogens with zero attached hydrogens (tertiary/aromatic N) is 3. The van der Waals surface area contributed by atoms with Crippen LogP contribution in [0.2, 0.25) is 0 Å². The lowest BCUT2D eigenvalue weighted by Gasteiger charge is -2.31. The zero-order chi connectivity index (χ0) is 14.8. The van der Waals surface area contributed by atoms with Gasteiger partial charge in [-0.05, 0) is 25.8 Å². The van der Waals surface area contributed by atoms with Gasteiger partial charge in [-0.25, -0.2) is 10.1 Å². The minimum absolute atomic E-state index is 0.153. The van der Waals surface area contributed by atoms with E-state index >= 15 is 0 Å². The first-order valence-electron chi connectivity index (χ1n) is 7.00. The van der Waals surface area contributed by atoms with E-state index in [1.807, 2.05) is 6.92 Å². The Kier molecular flexibility index (Phi) is 3.55. The molecule has 0 aromatic carbocycles. The van der Waals surface area contributed by atoms with Crippen LogP contribution < -0.4 is 5.56 Å². The molecule has 110 valence electrons. The molecule has 2 aromatic heterocycles. The molecule has 0 radical (unpaired) electrons. The van der Waals surface area contributed by atoms with Crippen LogP contribution in [0.25, 0.3) is 0 Å². The van der Waals surface area contributed by atoms with Gasteiger partial charge in [0.15, 0.2) is 0 Å². The molecule has 1 aliphatic rings. The molecule has 1 fully saturated rings. The summed E-state index contributed by atoms with van der Waals surface area (Å²) in [6.07, 6.45) is 3.74. The molecule has 0 bridgehead atoms. The summed E-state index contributed by atoms with van der Waals surface area (Å²) >= 11 is 0. The molecule has 2 aromatic rings. The van der Waals surface area contributed by atoms with Gasteiger partial charge in [-0.2, -0.15) is 5.10 Å². The van der Waals surface area contributed by atoms with Gasteiger partial charge in [0.05, 0.1) is 0 Å². The number of aromatic amines is 2. The second-order valence-electron chi connectivity index (χ2n) is 5.35. The molecular weight excluding hydrogens is 270 g/mol. The molecule has 0 aliphatic carbocycles. The van der Waals surface area contributed by atoms with Gasteiger partial charge < -0.3 is 9.88 Å². The third-order valence-electron chi connectivity index (χ3n) is 3.72. The smallest absolute Gasteiger partial charge is 0.274 e. The zero-order valence-electron chi connectivity index (χ0n) is 11.8. The second kappa shape index (κ2) is 5.51. The number of piperidine rings is 1. The van der Waals surface area contributed by atoms with Crippen molar-refractivity contribution in [1.29, 1.82) is 0 Å².